The van der Waals surface area contributed by atoms with Gasteiger partial charge in [-0.2, -0.15) is 8.42 Å². The third-order valence-electron chi connectivity index (χ3n) is 3.90. The Balaban J connectivity index is 2.03. The second-order valence-corrected chi connectivity index (χ2v) is 10.00. The van der Waals surface area contributed by atoms with Crippen molar-refractivity contribution in [1.82, 2.24) is 5.32 Å². The number of nitrogens with one attached hydrogen (secondary N) is 1. The van der Waals surface area contributed by atoms with Gasteiger partial charge in [0.05, 0.1) is 0 Å². The van der Waals surface area contributed by atoms with Crippen molar-refractivity contribution in [3.63, 3.8) is 0 Å². The van der Waals surface area contributed by atoms with Gasteiger partial charge in [-0.25, -0.2) is 0 Å². The van der Waals surface area contributed by atoms with E-state index in [4.69, 9.17) is 4.55 Å². The molecular formula is C21H32N2O3S2. The zero-order chi connectivity index (χ0) is 20.7. The zero-order valence-corrected chi connectivity index (χ0v) is 18.4. The predicted octanol–water partition coefficient (Wildman–Crippen LogP) is 4.91. The highest BCUT2D eigenvalue weighted by Crippen LogP contribution is 2.14. The van der Waals surface area contributed by atoms with Gasteiger partial charge in [0, 0.05) is 32.1 Å². The quantitative estimate of drug-likeness (QED) is 0.191. The lowest BCUT2D eigenvalue weighted by atomic mass is 10.1. The number of hydrogen-bond acceptors (Lipinski definition) is 5. The average molecular weight is 425 g/mol. The van der Waals surface area contributed by atoms with E-state index in [0.29, 0.717) is 16.5 Å². The molecule has 0 aliphatic rings. The largest absolute Gasteiger partial charge is 0.391 e. The third kappa shape index (κ3) is 13.5. The Hall–Kier alpha value is -1.70. The predicted molar refractivity (Wildman–Crippen MR) is 123 cm³/mol. The highest BCUT2D eigenvalue weighted by atomic mass is 33.1. The van der Waals surface area contributed by atoms with Crippen molar-refractivity contribution in [2.75, 3.05) is 31.3 Å². The fourth-order valence-electron chi connectivity index (χ4n) is 2.38. The van der Waals surface area contributed by atoms with Gasteiger partial charge in [0.15, 0.2) is 0 Å². The number of rotatable bonds is 14. The molecule has 0 aliphatic carbocycles. The van der Waals surface area contributed by atoms with E-state index in [1.165, 1.54) is 11.3 Å². The molecule has 5 nitrogen and oxygen atoms in total. The first-order chi connectivity index (χ1) is 13.4. The molecule has 0 heterocycles. The van der Waals surface area contributed by atoms with Crippen molar-refractivity contribution in [3.05, 3.63) is 60.3 Å². The number of benzene rings is 1. The first-order valence-corrected chi connectivity index (χ1v) is 12.4. The second-order valence-electron chi connectivity index (χ2n) is 6.53. The van der Waals surface area contributed by atoms with E-state index in [1.54, 1.807) is 0 Å². The van der Waals surface area contributed by atoms with Crippen LogP contribution in [0.4, 0.5) is 5.69 Å². The van der Waals surface area contributed by atoms with Crippen molar-refractivity contribution in [3.8, 4) is 0 Å². The summed E-state index contributed by atoms with van der Waals surface area (Å²) in [5, 5.41) is 3.24. The maximum Gasteiger partial charge on any atom is 0.319 e. The smallest absolute Gasteiger partial charge is 0.319 e. The molecule has 0 amide bonds. The molecule has 0 radical (unpaired) electrons. The summed E-state index contributed by atoms with van der Waals surface area (Å²) in [5.41, 5.74) is 2.40. The SMILES string of the molecule is CN(C)c1ccc(/C=C/C/C=C\C=C/NCCCCCCSS(=O)(=O)O)cc1. The van der Waals surface area contributed by atoms with E-state index in [-0.39, 0.29) is 0 Å². The minimum absolute atomic E-state index is 0.451. The minimum Gasteiger partial charge on any atom is -0.391 e. The van der Waals surface area contributed by atoms with Gasteiger partial charge >= 0.3 is 9.15 Å². The summed E-state index contributed by atoms with van der Waals surface area (Å²) >= 11 is 0. The zero-order valence-electron chi connectivity index (χ0n) is 16.8. The van der Waals surface area contributed by atoms with Crippen LogP contribution in [-0.4, -0.2) is 39.4 Å². The first-order valence-electron chi connectivity index (χ1n) is 9.49. The van der Waals surface area contributed by atoms with Crippen LogP contribution in [0, 0.1) is 0 Å². The van der Waals surface area contributed by atoms with Crippen LogP contribution in [0.15, 0.2) is 54.8 Å². The molecule has 2 N–H and O–H groups in total. The first kappa shape index (κ1) is 24.3. The van der Waals surface area contributed by atoms with E-state index in [1.807, 2.05) is 32.4 Å². The lowest BCUT2D eigenvalue weighted by Gasteiger charge is -2.11. The van der Waals surface area contributed by atoms with Crippen molar-refractivity contribution in [1.29, 1.82) is 0 Å². The van der Waals surface area contributed by atoms with Crippen LogP contribution in [-0.2, 0) is 9.15 Å². The minimum atomic E-state index is -3.88. The molecule has 0 fully saturated rings. The molecule has 0 spiro atoms. The monoisotopic (exact) mass is 424 g/mol. The normalized spacial score (nSPS) is 12.4. The van der Waals surface area contributed by atoms with Gasteiger partial charge in [0.1, 0.15) is 0 Å². The lowest BCUT2D eigenvalue weighted by Crippen LogP contribution is -2.07. The Morgan fingerprint density at radius 3 is 2.43 bits per heavy atom. The molecule has 0 unspecified atom stereocenters. The highest BCUT2D eigenvalue weighted by Gasteiger charge is 2.03. The Kier molecular flexibility index (Phi) is 12.4. The number of nitrogens with zero attached hydrogens (tertiary/aromatic N) is 1. The maximum atomic E-state index is 10.5. The van der Waals surface area contributed by atoms with Gasteiger partial charge in [-0.3, -0.25) is 4.55 Å². The molecule has 0 atom stereocenters. The molecule has 156 valence electrons. The number of hydrogen-bond donors (Lipinski definition) is 2. The Labute approximate surface area is 173 Å². The van der Waals surface area contributed by atoms with Crippen LogP contribution in [0.25, 0.3) is 6.08 Å². The average Bonchev–Trinajstić information content (AvgIpc) is 2.64. The Bertz CT molecular complexity index is 725. The van der Waals surface area contributed by atoms with Crippen molar-refractivity contribution >= 4 is 31.7 Å². The van der Waals surface area contributed by atoms with Crippen LogP contribution < -0.4 is 10.2 Å². The van der Waals surface area contributed by atoms with E-state index in [0.717, 1.165) is 38.6 Å². The van der Waals surface area contributed by atoms with Gasteiger partial charge in [-0.15, -0.1) is 0 Å². The molecule has 1 rings (SSSR count). The third-order valence-corrected chi connectivity index (χ3v) is 6.05. The van der Waals surface area contributed by atoms with E-state index < -0.39 is 9.15 Å². The summed E-state index contributed by atoms with van der Waals surface area (Å²) in [6, 6.07) is 8.46. The maximum absolute atomic E-state index is 10.5. The fourth-order valence-corrected chi connectivity index (χ4v) is 3.90. The van der Waals surface area contributed by atoms with Crippen LogP contribution >= 0.6 is 10.8 Å². The Morgan fingerprint density at radius 1 is 1.04 bits per heavy atom. The molecule has 0 aliphatic heterocycles. The second kappa shape index (κ2) is 14.3. The van der Waals surface area contributed by atoms with Gasteiger partial charge in [0.2, 0.25) is 0 Å². The van der Waals surface area contributed by atoms with Crippen LogP contribution in [0.5, 0.6) is 0 Å². The number of unbranched alkanes of at least 4 members (excludes halogenated alkanes) is 3. The summed E-state index contributed by atoms with van der Waals surface area (Å²) in [4.78, 5) is 2.09. The summed E-state index contributed by atoms with van der Waals surface area (Å²) in [6.45, 7) is 0.901. The lowest BCUT2D eigenvalue weighted by molar-refractivity contribution is 0.503. The fraction of sp³-hybridized carbons (Fsp3) is 0.429. The van der Waals surface area contributed by atoms with Crippen molar-refractivity contribution < 1.29 is 13.0 Å². The molecule has 0 saturated carbocycles. The van der Waals surface area contributed by atoms with Gasteiger partial charge in [-0.1, -0.05) is 49.3 Å². The molecule has 0 saturated heterocycles. The van der Waals surface area contributed by atoms with Crippen LogP contribution in [0.3, 0.4) is 0 Å². The number of allylic oxidation sites excluding steroid dienone is 4. The highest BCUT2D eigenvalue weighted by molar-refractivity contribution is 8.69. The van der Waals surface area contributed by atoms with Crippen LogP contribution in [0.1, 0.15) is 37.7 Å². The Morgan fingerprint density at radius 2 is 1.75 bits per heavy atom. The summed E-state index contributed by atoms with van der Waals surface area (Å²) in [5.74, 6) is 0.451. The summed E-state index contributed by atoms with van der Waals surface area (Å²) in [6.07, 6.45) is 17.1. The van der Waals surface area contributed by atoms with Gasteiger partial charge in [0.25, 0.3) is 0 Å². The standard InChI is InChI=1S/C21H32N2O3S2/c1-23(2)21-15-13-20(14-16-21)12-8-4-3-5-9-17-22-18-10-6-7-11-19-27-28(24,25)26/h3,5,8-9,12-17,22H,4,6-7,10-11,18-19H2,1-2H3,(H,24,25,26)/b5-3-,12-8+,17-9-. The number of anilines is 1. The van der Waals surface area contributed by atoms with Crippen molar-refractivity contribution in [2.45, 2.75) is 32.1 Å². The summed E-state index contributed by atoms with van der Waals surface area (Å²) in [7, 11) is 0.800. The molecule has 1 aromatic carbocycles. The van der Waals surface area contributed by atoms with E-state index in [9.17, 15) is 8.42 Å². The molecular weight excluding hydrogens is 392 g/mol. The summed E-state index contributed by atoms with van der Waals surface area (Å²) < 4.78 is 29.7. The van der Waals surface area contributed by atoms with Gasteiger partial charge in [-0.05, 0) is 60.0 Å². The van der Waals surface area contributed by atoms with E-state index >= 15 is 0 Å². The van der Waals surface area contributed by atoms with Crippen molar-refractivity contribution in [2.24, 2.45) is 0 Å². The molecule has 1 aromatic rings. The topological polar surface area (TPSA) is 69.6 Å². The molecule has 28 heavy (non-hydrogen) atoms. The van der Waals surface area contributed by atoms with E-state index in [2.05, 4.69) is 52.7 Å². The molecule has 7 heteroatoms. The molecule has 0 bridgehead atoms. The van der Waals surface area contributed by atoms with Crippen LogP contribution in [0.2, 0.25) is 0 Å². The molecule has 0 aromatic heterocycles. The van der Waals surface area contributed by atoms with Gasteiger partial charge < -0.3 is 10.2 Å².